The molecule has 4 heteroatoms. The van der Waals surface area contributed by atoms with Gasteiger partial charge in [0.05, 0.1) is 13.2 Å². The Kier molecular flexibility index (Phi) is 5.83. The molecule has 1 N–H and O–H groups in total. The Balaban J connectivity index is 1.61. The molecule has 0 bridgehead atoms. The van der Waals surface area contributed by atoms with Crippen LogP contribution in [0.15, 0.2) is 42.6 Å². The van der Waals surface area contributed by atoms with Crippen LogP contribution in [-0.4, -0.2) is 37.3 Å². The minimum Gasteiger partial charge on any atom is -0.378 e. The smallest absolute Gasteiger partial charge is 0.133 e. The van der Waals surface area contributed by atoms with Crippen LogP contribution in [0.4, 0.5) is 5.82 Å². The number of nitrogens with one attached hydrogen (secondary N) is 1. The molecule has 3 rings (SSSR count). The Bertz CT molecular complexity index is 653. The molecule has 1 aliphatic heterocycles. The summed E-state index contributed by atoms with van der Waals surface area (Å²) < 4.78 is 5.45. The molecule has 2 aromatic rings. The summed E-state index contributed by atoms with van der Waals surface area (Å²) in [5.74, 6) is 1.09. The first-order valence-electron chi connectivity index (χ1n) is 8.78. The van der Waals surface area contributed by atoms with Gasteiger partial charge in [-0.25, -0.2) is 4.98 Å². The molecule has 1 aromatic heterocycles. The quantitative estimate of drug-likeness (QED) is 0.886. The van der Waals surface area contributed by atoms with Crippen molar-refractivity contribution in [1.82, 2.24) is 10.3 Å². The van der Waals surface area contributed by atoms with E-state index in [2.05, 4.69) is 59.4 Å². The fraction of sp³-hybridized carbons (Fsp3) is 0.450. The zero-order valence-corrected chi connectivity index (χ0v) is 14.7. The number of aromatic nitrogens is 1. The zero-order valence-electron chi connectivity index (χ0n) is 14.7. The van der Waals surface area contributed by atoms with Gasteiger partial charge in [0, 0.05) is 37.4 Å². The van der Waals surface area contributed by atoms with Crippen LogP contribution in [0.1, 0.15) is 23.6 Å². The molecule has 0 spiro atoms. The van der Waals surface area contributed by atoms with Crippen molar-refractivity contribution >= 4 is 5.82 Å². The van der Waals surface area contributed by atoms with Gasteiger partial charge >= 0.3 is 0 Å². The second-order valence-electron chi connectivity index (χ2n) is 6.50. The molecule has 128 valence electrons. The number of nitrogens with zero attached hydrogens (tertiary/aromatic N) is 2. The van der Waals surface area contributed by atoms with E-state index in [0.29, 0.717) is 6.04 Å². The van der Waals surface area contributed by atoms with Gasteiger partial charge in [0.1, 0.15) is 5.82 Å². The van der Waals surface area contributed by atoms with Gasteiger partial charge in [0.25, 0.3) is 0 Å². The predicted octanol–water partition coefficient (Wildman–Crippen LogP) is 2.95. The molecule has 2 heterocycles. The first-order valence-corrected chi connectivity index (χ1v) is 8.78. The van der Waals surface area contributed by atoms with Crippen LogP contribution in [0.2, 0.25) is 0 Å². The van der Waals surface area contributed by atoms with E-state index < -0.39 is 0 Å². The summed E-state index contributed by atoms with van der Waals surface area (Å²) in [5, 5.41) is 3.66. The number of aryl methyl sites for hydroxylation is 1. The first-order chi connectivity index (χ1) is 11.7. The van der Waals surface area contributed by atoms with E-state index >= 15 is 0 Å². The summed E-state index contributed by atoms with van der Waals surface area (Å²) in [5.41, 5.74) is 4.04. The van der Waals surface area contributed by atoms with Crippen molar-refractivity contribution in [2.75, 3.05) is 31.2 Å². The van der Waals surface area contributed by atoms with Crippen LogP contribution in [0, 0.1) is 6.92 Å². The molecular weight excluding hydrogens is 298 g/mol. The van der Waals surface area contributed by atoms with E-state index in [1.807, 2.05) is 12.3 Å². The number of morpholine rings is 1. The molecule has 1 aromatic carbocycles. The van der Waals surface area contributed by atoms with Gasteiger partial charge in [0.2, 0.25) is 0 Å². The molecule has 0 unspecified atom stereocenters. The van der Waals surface area contributed by atoms with Crippen molar-refractivity contribution < 1.29 is 4.74 Å². The molecule has 1 saturated heterocycles. The monoisotopic (exact) mass is 325 g/mol. The van der Waals surface area contributed by atoms with Gasteiger partial charge in [-0.05, 0) is 37.5 Å². The molecule has 0 radical (unpaired) electrons. The second kappa shape index (κ2) is 8.27. The number of ether oxygens (including phenoxy) is 1. The Morgan fingerprint density at radius 2 is 1.88 bits per heavy atom. The van der Waals surface area contributed by atoms with E-state index in [-0.39, 0.29) is 0 Å². The van der Waals surface area contributed by atoms with Gasteiger partial charge in [-0.3, -0.25) is 0 Å². The molecule has 4 nitrogen and oxygen atoms in total. The van der Waals surface area contributed by atoms with Crippen LogP contribution < -0.4 is 10.2 Å². The van der Waals surface area contributed by atoms with Crippen LogP contribution >= 0.6 is 0 Å². The zero-order chi connectivity index (χ0) is 16.8. The minimum absolute atomic E-state index is 0.420. The lowest BCUT2D eigenvalue weighted by atomic mass is 10.0. The predicted molar refractivity (Wildman–Crippen MR) is 98.5 cm³/mol. The average Bonchev–Trinajstić information content (AvgIpc) is 2.63. The second-order valence-corrected chi connectivity index (χ2v) is 6.50. The van der Waals surface area contributed by atoms with Crippen LogP contribution in [-0.2, 0) is 17.7 Å². The summed E-state index contributed by atoms with van der Waals surface area (Å²) in [6, 6.07) is 13.2. The normalized spacial score (nSPS) is 16.2. The molecular formula is C20H27N3O. The van der Waals surface area contributed by atoms with Crippen molar-refractivity contribution in [3.05, 3.63) is 59.3 Å². The number of pyridine rings is 1. The minimum atomic E-state index is 0.420. The summed E-state index contributed by atoms with van der Waals surface area (Å²) in [4.78, 5) is 6.93. The van der Waals surface area contributed by atoms with Crippen molar-refractivity contribution in [2.45, 2.75) is 32.9 Å². The first kappa shape index (κ1) is 16.9. The fourth-order valence-corrected chi connectivity index (χ4v) is 3.15. The molecule has 1 fully saturated rings. The lowest BCUT2D eigenvalue weighted by molar-refractivity contribution is 0.122. The lowest BCUT2D eigenvalue weighted by Crippen LogP contribution is -2.38. The highest BCUT2D eigenvalue weighted by molar-refractivity contribution is 5.47. The topological polar surface area (TPSA) is 37.4 Å². The molecule has 0 aliphatic carbocycles. The maximum Gasteiger partial charge on any atom is 0.133 e. The van der Waals surface area contributed by atoms with Crippen LogP contribution in [0.3, 0.4) is 0 Å². The Morgan fingerprint density at radius 3 is 2.67 bits per heavy atom. The van der Waals surface area contributed by atoms with E-state index in [9.17, 15) is 0 Å². The fourth-order valence-electron chi connectivity index (χ4n) is 3.15. The van der Waals surface area contributed by atoms with E-state index in [1.54, 1.807) is 0 Å². The maximum absolute atomic E-state index is 5.45. The van der Waals surface area contributed by atoms with Gasteiger partial charge in [-0.2, -0.15) is 0 Å². The third-order valence-corrected chi connectivity index (χ3v) is 4.61. The molecule has 0 saturated carbocycles. The van der Waals surface area contributed by atoms with Crippen LogP contribution in [0.25, 0.3) is 0 Å². The third-order valence-electron chi connectivity index (χ3n) is 4.61. The SMILES string of the molecule is Cc1ccccc1C[C@H](C)NCc1cccnc1N1CCOCC1. The molecule has 1 aliphatic rings. The van der Waals surface area contributed by atoms with Crippen LogP contribution in [0.5, 0.6) is 0 Å². The van der Waals surface area contributed by atoms with Gasteiger partial charge in [-0.15, -0.1) is 0 Å². The van der Waals surface area contributed by atoms with E-state index in [1.165, 1.54) is 16.7 Å². The Morgan fingerprint density at radius 1 is 1.12 bits per heavy atom. The molecule has 0 amide bonds. The standard InChI is InChI=1S/C20H27N3O/c1-16-6-3-4-7-18(16)14-17(2)22-15-19-8-5-9-21-20(19)23-10-12-24-13-11-23/h3-9,17,22H,10-15H2,1-2H3/t17-/m0/s1. The lowest BCUT2D eigenvalue weighted by Gasteiger charge is -2.29. The Hall–Kier alpha value is -1.91. The highest BCUT2D eigenvalue weighted by Gasteiger charge is 2.16. The number of anilines is 1. The van der Waals surface area contributed by atoms with Crippen molar-refractivity contribution in [3.8, 4) is 0 Å². The van der Waals surface area contributed by atoms with E-state index in [4.69, 9.17) is 4.74 Å². The highest BCUT2D eigenvalue weighted by Crippen LogP contribution is 2.18. The third kappa shape index (κ3) is 4.34. The summed E-state index contributed by atoms with van der Waals surface area (Å²) in [6.45, 7) is 8.68. The van der Waals surface area contributed by atoms with Crippen molar-refractivity contribution in [2.24, 2.45) is 0 Å². The summed E-state index contributed by atoms with van der Waals surface area (Å²) in [6.07, 6.45) is 2.92. The molecule has 1 atom stereocenters. The van der Waals surface area contributed by atoms with Gasteiger partial charge in [-0.1, -0.05) is 30.3 Å². The largest absolute Gasteiger partial charge is 0.378 e. The highest BCUT2D eigenvalue weighted by atomic mass is 16.5. The number of hydrogen-bond acceptors (Lipinski definition) is 4. The summed E-state index contributed by atoms with van der Waals surface area (Å²) in [7, 11) is 0. The van der Waals surface area contributed by atoms with Gasteiger partial charge in [0.15, 0.2) is 0 Å². The van der Waals surface area contributed by atoms with Crippen molar-refractivity contribution in [1.29, 1.82) is 0 Å². The maximum atomic E-state index is 5.45. The number of benzene rings is 1. The number of rotatable bonds is 6. The van der Waals surface area contributed by atoms with Gasteiger partial charge < -0.3 is 15.0 Å². The van der Waals surface area contributed by atoms with Crippen molar-refractivity contribution in [3.63, 3.8) is 0 Å². The summed E-state index contributed by atoms with van der Waals surface area (Å²) >= 11 is 0. The number of hydrogen-bond donors (Lipinski definition) is 1. The Labute approximate surface area is 144 Å². The molecule has 24 heavy (non-hydrogen) atoms. The van der Waals surface area contributed by atoms with E-state index in [0.717, 1.165) is 45.1 Å². The average molecular weight is 325 g/mol.